The minimum absolute atomic E-state index is 0.139. The number of amides is 1. The van der Waals surface area contributed by atoms with Crippen LogP contribution < -0.4 is 9.47 Å². The number of nitrogens with zero attached hydrogens (tertiary/aromatic N) is 2. The minimum atomic E-state index is -0.139. The van der Waals surface area contributed by atoms with E-state index in [2.05, 4.69) is 17.3 Å². The summed E-state index contributed by atoms with van der Waals surface area (Å²) in [5.74, 6) is 1.88. The molecule has 1 aliphatic carbocycles. The predicted octanol–water partition coefficient (Wildman–Crippen LogP) is 4.13. The number of rotatable bonds is 6. The van der Waals surface area contributed by atoms with E-state index >= 15 is 0 Å². The van der Waals surface area contributed by atoms with E-state index < -0.39 is 0 Å². The maximum absolute atomic E-state index is 13.2. The third-order valence-electron chi connectivity index (χ3n) is 6.10. The van der Waals surface area contributed by atoms with Crippen molar-refractivity contribution in [1.29, 1.82) is 0 Å². The summed E-state index contributed by atoms with van der Waals surface area (Å²) in [6, 6.07) is 16.0. The highest BCUT2D eigenvalue weighted by Gasteiger charge is 2.32. The molecule has 2 aromatic rings. The topological polar surface area (TPSA) is 60.4 Å². The van der Waals surface area contributed by atoms with Gasteiger partial charge in [0.05, 0.1) is 12.3 Å². The lowest BCUT2D eigenvalue weighted by Gasteiger charge is -2.27. The van der Waals surface area contributed by atoms with Gasteiger partial charge >= 0.3 is 0 Å². The molecule has 5 rings (SSSR count). The number of carbonyl (C=O) groups excluding carboxylic acids is 1. The molecule has 1 amide bonds. The summed E-state index contributed by atoms with van der Waals surface area (Å²) in [5.41, 5.74) is 2.99. The van der Waals surface area contributed by atoms with Crippen molar-refractivity contribution >= 4 is 11.6 Å². The van der Waals surface area contributed by atoms with Crippen molar-refractivity contribution in [1.82, 2.24) is 4.90 Å². The molecule has 0 unspecified atom stereocenters. The Bertz CT molecular complexity index is 937. The van der Waals surface area contributed by atoms with E-state index in [1.165, 1.54) is 0 Å². The first-order valence-electron chi connectivity index (χ1n) is 10.7. The largest absolute Gasteiger partial charge is 0.454 e. The SMILES string of the molecule is O=C(C1CCCC1)N(Cc1ccccc1)C[C@H]1CC(c2ccc3c(c2)OCO3)=NO1. The molecule has 3 aliphatic rings. The lowest BCUT2D eigenvalue weighted by molar-refractivity contribution is -0.137. The molecule has 1 saturated carbocycles. The van der Waals surface area contributed by atoms with Crippen LogP contribution in [0.25, 0.3) is 0 Å². The van der Waals surface area contributed by atoms with Crippen LogP contribution in [0, 0.1) is 5.92 Å². The van der Waals surface area contributed by atoms with Crippen molar-refractivity contribution in [3.05, 3.63) is 59.7 Å². The van der Waals surface area contributed by atoms with Gasteiger partial charge in [-0.1, -0.05) is 48.3 Å². The van der Waals surface area contributed by atoms with Gasteiger partial charge in [-0.15, -0.1) is 0 Å². The Balaban J connectivity index is 1.27. The van der Waals surface area contributed by atoms with Crippen LogP contribution in [0.5, 0.6) is 11.5 Å². The number of carbonyl (C=O) groups is 1. The molecule has 30 heavy (non-hydrogen) atoms. The highest BCUT2D eigenvalue weighted by molar-refractivity contribution is 6.01. The van der Waals surface area contributed by atoms with E-state index in [1.54, 1.807) is 0 Å². The van der Waals surface area contributed by atoms with Crippen LogP contribution in [0.4, 0.5) is 0 Å². The summed E-state index contributed by atoms with van der Waals surface area (Å²) < 4.78 is 10.9. The van der Waals surface area contributed by atoms with E-state index in [4.69, 9.17) is 14.3 Å². The van der Waals surface area contributed by atoms with Crippen molar-refractivity contribution < 1.29 is 19.1 Å². The molecule has 0 bridgehead atoms. The molecule has 1 atom stereocenters. The molecule has 6 heteroatoms. The molecule has 1 fully saturated rings. The number of ether oxygens (including phenoxy) is 2. The number of oxime groups is 1. The average molecular weight is 406 g/mol. The maximum Gasteiger partial charge on any atom is 0.231 e. The second kappa shape index (κ2) is 8.38. The van der Waals surface area contributed by atoms with Crippen LogP contribution in [-0.2, 0) is 16.2 Å². The Morgan fingerprint density at radius 1 is 1.03 bits per heavy atom. The summed E-state index contributed by atoms with van der Waals surface area (Å²) in [6.45, 7) is 1.40. The van der Waals surface area contributed by atoms with Crippen molar-refractivity contribution in [2.24, 2.45) is 11.1 Å². The fraction of sp³-hybridized carbons (Fsp3) is 0.417. The predicted molar refractivity (Wildman–Crippen MR) is 112 cm³/mol. The quantitative estimate of drug-likeness (QED) is 0.724. The van der Waals surface area contributed by atoms with Gasteiger partial charge in [-0.2, -0.15) is 0 Å². The summed E-state index contributed by atoms with van der Waals surface area (Å²) in [5, 5.41) is 4.31. The Morgan fingerprint density at radius 2 is 1.83 bits per heavy atom. The number of hydrogen-bond acceptors (Lipinski definition) is 5. The smallest absolute Gasteiger partial charge is 0.231 e. The molecule has 0 aromatic heterocycles. The van der Waals surface area contributed by atoms with Crippen LogP contribution in [0.15, 0.2) is 53.7 Å². The van der Waals surface area contributed by atoms with Crippen LogP contribution in [-0.4, -0.2) is 36.0 Å². The lowest BCUT2D eigenvalue weighted by atomic mass is 10.0. The number of fused-ring (bicyclic) bond motifs is 1. The van der Waals surface area contributed by atoms with Gasteiger partial charge < -0.3 is 19.2 Å². The van der Waals surface area contributed by atoms with Crippen LogP contribution >= 0.6 is 0 Å². The molecule has 0 spiro atoms. The zero-order valence-electron chi connectivity index (χ0n) is 17.0. The Morgan fingerprint density at radius 3 is 2.67 bits per heavy atom. The van der Waals surface area contributed by atoms with Crippen molar-refractivity contribution in [2.75, 3.05) is 13.3 Å². The number of benzene rings is 2. The molecule has 6 nitrogen and oxygen atoms in total. The normalized spacial score (nSPS) is 20.1. The first kappa shape index (κ1) is 19.0. The van der Waals surface area contributed by atoms with Crippen molar-refractivity contribution in [3.8, 4) is 11.5 Å². The fourth-order valence-corrected chi connectivity index (χ4v) is 4.49. The minimum Gasteiger partial charge on any atom is -0.454 e. The Hall–Kier alpha value is -3.02. The van der Waals surface area contributed by atoms with E-state index in [0.717, 1.165) is 54.0 Å². The third-order valence-corrected chi connectivity index (χ3v) is 6.10. The zero-order valence-corrected chi connectivity index (χ0v) is 17.0. The highest BCUT2D eigenvalue weighted by atomic mass is 16.7. The molecular formula is C24H26N2O4. The summed E-state index contributed by atoms with van der Waals surface area (Å²) in [4.78, 5) is 20.9. The highest BCUT2D eigenvalue weighted by Crippen LogP contribution is 2.34. The van der Waals surface area contributed by atoms with Gasteiger partial charge in [0.15, 0.2) is 17.6 Å². The molecule has 156 valence electrons. The Labute approximate surface area is 176 Å². The summed E-state index contributed by atoms with van der Waals surface area (Å²) in [6.07, 6.45) is 4.81. The van der Waals surface area contributed by atoms with Crippen LogP contribution in [0.2, 0.25) is 0 Å². The van der Waals surface area contributed by atoms with E-state index in [-0.39, 0.29) is 24.7 Å². The second-order valence-electron chi connectivity index (χ2n) is 8.22. The first-order chi connectivity index (χ1) is 14.8. The van der Waals surface area contributed by atoms with Gasteiger partial charge in [-0.25, -0.2) is 0 Å². The fourth-order valence-electron chi connectivity index (χ4n) is 4.49. The molecule has 0 radical (unpaired) electrons. The first-order valence-corrected chi connectivity index (χ1v) is 10.7. The monoisotopic (exact) mass is 406 g/mol. The van der Waals surface area contributed by atoms with Crippen LogP contribution in [0.1, 0.15) is 43.2 Å². The van der Waals surface area contributed by atoms with Crippen molar-refractivity contribution in [2.45, 2.75) is 44.8 Å². The third kappa shape index (κ3) is 3.99. The lowest BCUT2D eigenvalue weighted by Crippen LogP contribution is -2.40. The summed E-state index contributed by atoms with van der Waals surface area (Å²) in [7, 11) is 0. The molecule has 2 aliphatic heterocycles. The van der Waals surface area contributed by atoms with Gasteiger partial charge in [0, 0.05) is 24.4 Å². The average Bonchev–Trinajstić information content (AvgIpc) is 3.54. The second-order valence-corrected chi connectivity index (χ2v) is 8.22. The van der Waals surface area contributed by atoms with Gasteiger partial charge in [-0.3, -0.25) is 4.79 Å². The Kier molecular flexibility index (Phi) is 5.30. The van der Waals surface area contributed by atoms with Gasteiger partial charge in [0.25, 0.3) is 0 Å². The molecular weight excluding hydrogens is 380 g/mol. The number of hydrogen-bond donors (Lipinski definition) is 0. The summed E-state index contributed by atoms with van der Waals surface area (Å²) >= 11 is 0. The van der Waals surface area contributed by atoms with Crippen LogP contribution in [0.3, 0.4) is 0 Å². The molecule has 0 N–H and O–H groups in total. The van der Waals surface area contributed by atoms with Gasteiger partial charge in [-0.05, 0) is 36.6 Å². The van der Waals surface area contributed by atoms with Gasteiger partial charge in [0.2, 0.25) is 12.7 Å². The molecule has 0 saturated heterocycles. The molecule has 2 heterocycles. The molecule has 2 aromatic carbocycles. The van der Waals surface area contributed by atoms with E-state index in [1.807, 2.05) is 41.3 Å². The van der Waals surface area contributed by atoms with E-state index in [9.17, 15) is 4.79 Å². The van der Waals surface area contributed by atoms with E-state index in [0.29, 0.717) is 19.5 Å². The van der Waals surface area contributed by atoms with Gasteiger partial charge in [0.1, 0.15) is 0 Å². The zero-order chi connectivity index (χ0) is 20.3. The maximum atomic E-state index is 13.2. The standard InChI is InChI=1S/C24H26N2O4/c27-24(18-8-4-5-9-18)26(14-17-6-2-1-3-7-17)15-20-13-21(25-30-20)19-10-11-22-23(12-19)29-16-28-22/h1-3,6-7,10-12,18,20H,4-5,8-9,13-16H2/t20-/m1/s1. The van der Waals surface area contributed by atoms with Crippen molar-refractivity contribution in [3.63, 3.8) is 0 Å².